The summed E-state index contributed by atoms with van der Waals surface area (Å²) in [6, 6.07) is 12.5. The smallest absolute Gasteiger partial charge is 0.437 e. The van der Waals surface area contributed by atoms with Crippen LogP contribution in [-0.2, 0) is 11.3 Å². The van der Waals surface area contributed by atoms with Gasteiger partial charge in [0.05, 0.1) is 12.8 Å². The standard InChI is InChI=1S/C17H15ClN2O3/c1-22-14-7-8-15-11(10-14)2-9-16(15)20-23-17(21)19-13-5-3-12(18)4-6-13/h3-8,10H,2,9H2,1H3,(H,19,21). The summed E-state index contributed by atoms with van der Waals surface area (Å²) < 4.78 is 5.20. The van der Waals surface area contributed by atoms with Crippen LogP contribution >= 0.6 is 11.6 Å². The molecule has 2 aromatic carbocycles. The Labute approximate surface area is 138 Å². The van der Waals surface area contributed by atoms with Gasteiger partial charge in [0, 0.05) is 16.3 Å². The number of hydrogen-bond donors (Lipinski definition) is 1. The van der Waals surface area contributed by atoms with Gasteiger partial charge in [0.2, 0.25) is 0 Å². The maximum Gasteiger partial charge on any atom is 0.437 e. The zero-order chi connectivity index (χ0) is 16.2. The summed E-state index contributed by atoms with van der Waals surface area (Å²) in [7, 11) is 1.63. The van der Waals surface area contributed by atoms with E-state index in [0.29, 0.717) is 10.7 Å². The average Bonchev–Trinajstić information content (AvgIpc) is 2.97. The van der Waals surface area contributed by atoms with Crippen molar-refractivity contribution >= 4 is 29.1 Å². The van der Waals surface area contributed by atoms with Crippen molar-refractivity contribution in [3.8, 4) is 5.75 Å². The molecule has 2 aromatic rings. The van der Waals surface area contributed by atoms with Crippen LogP contribution in [0, 0.1) is 0 Å². The van der Waals surface area contributed by atoms with E-state index in [-0.39, 0.29) is 0 Å². The average molecular weight is 331 g/mol. The molecule has 1 aliphatic rings. The molecule has 1 N–H and O–H groups in total. The van der Waals surface area contributed by atoms with Crippen LogP contribution in [0.3, 0.4) is 0 Å². The molecule has 0 saturated heterocycles. The van der Waals surface area contributed by atoms with E-state index in [1.165, 1.54) is 0 Å². The van der Waals surface area contributed by atoms with Gasteiger partial charge in [-0.15, -0.1) is 0 Å². The van der Waals surface area contributed by atoms with E-state index in [9.17, 15) is 4.79 Å². The number of rotatable bonds is 3. The lowest BCUT2D eigenvalue weighted by atomic mass is 10.1. The molecule has 1 amide bonds. The van der Waals surface area contributed by atoms with E-state index in [0.717, 1.165) is 35.4 Å². The molecule has 1 aliphatic carbocycles. The topological polar surface area (TPSA) is 59.9 Å². The number of hydrogen-bond acceptors (Lipinski definition) is 4. The van der Waals surface area contributed by atoms with Gasteiger partial charge in [0.15, 0.2) is 0 Å². The number of benzene rings is 2. The van der Waals surface area contributed by atoms with Crippen molar-refractivity contribution in [2.75, 3.05) is 12.4 Å². The molecular weight excluding hydrogens is 316 g/mol. The van der Waals surface area contributed by atoms with Gasteiger partial charge in [-0.05, 0) is 60.9 Å². The Bertz CT molecular complexity index is 757. The number of nitrogens with one attached hydrogen (secondary N) is 1. The molecule has 6 heteroatoms. The lowest BCUT2D eigenvalue weighted by Crippen LogP contribution is -2.12. The van der Waals surface area contributed by atoms with Crippen LogP contribution in [0.15, 0.2) is 47.6 Å². The number of methoxy groups -OCH3 is 1. The monoisotopic (exact) mass is 330 g/mol. The number of halogens is 1. The molecule has 0 atom stereocenters. The van der Waals surface area contributed by atoms with Crippen LogP contribution in [-0.4, -0.2) is 18.9 Å². The molecule has 0 heterocycles. The van der Waals surface area contributed by atoms with Crippen molar-refractivity contribution in [3.63, 3.8) is 0 Å². The molecule has 0 saturated carbocycles. The van der Waals surface area contributed by atoms with Crippen LogP contribution in [0.25, 0.3) is 0 Å². The summed E-state index contributed by atoms with van der Waals surface area (Å²) in [6.07, 6.45) is 0.950. The molecule has 0 aromatic heterocycles. The van der Waals surface area contributed by atoms with Gasteiger partial charge in [0.1, 0.15) is 5.75 Å². The lowest BCUT2D eigenvalue weighted by molar-refractivity contribution is 0.166. The van der Waals surface area contributed by atoms with Crippen molar-refractivity contribution in [1.29, 1.82) is 0 Å². The van der Waals surface area contributed by atoms with Crippen LogP contribution in [0.4, 0.5) is 10.5 Å². The number of anilines is 1. The summed E-state index contributed by atoms with van der Waals surface area (Å²) in [6.45, 7) is 0. The van der Waals surface area contributed by atoms with Gasteiger partial charge in [-0.3, -0.25) is 10.2 Å². The Balaban J connectivity index is 1.65. The minimum Gasteiger partial charge on any atom is -0.497 e. The Morgan fingerprint density at radius 3 is 2.70 bits per heavy atom. The van der Waals surface area contributed by atoms with Crippen molar-refractivity contribution in [1.82, 2.24) is 0 Å². The van der Waals surface area contributed by atoms with E-state index < -0.39 is 6.09 Å². The van der Waals surface area contributed by atoms with E-state index in [1.54, 1.807) is 31.4 Å². The predicted molar refractivity (Wildman–Crippen MR) is 89.4 cm³/mol. The first-order valence-electron chi connectivity index (χ1n) is 7.13. The third kappa shape index (κ3) is 3.63. The predicted octanol–water partition coefficient (Wildman–Crippen LogP) is 4.25. The number of carbonyl (C=O) groups is 1. The Kier molecular flexibility index (Phi) is 4.48. The maximum absolute atomic E-state index is 11.8. The molecule has 23 heavy (non-hydrogen) atoms. The fourth-order valence-electron chi connectivity index (χ4n) is 2.44. The number of fused-ring (bicyclic) bond motifs is 1. The Morgan fingerprint density at radius 2 is 1.96 bits per heavy atom. The highest BCUT2D eigenvalue weighted by molar-refractivity contribution is 6.30. The molecular formula is C17H15ClN2O3. The number of ether oxygens (including phenoxy) is 1. The highest BCUT2D eigenvalue weighted by Crippen LogP contribution is 2.26. The van der Waals surface area contributed by atoms with Gasteiger partial charge >= 0.3 is 6.09 Å². The highest BCUT2D eigenvalue weighted by atomic mass is 35.5. The molecule has 5 nitrogen and oxygen atoms in total. The first-order chi connectivity index (χ1) is 11.2. The maximum atomic E-state index is 11.8. The van der Waals surface area contributed by atoms with Crippen molar-refractivity contribution in [2.45, 2.75) is 12.8 Å². The van der Waals surface area contributed by atoms with Crippen LogP contribution < -0.4 is 10.1 Å². The van der Waals surface area contributed by atoms with Gasteiger partial charge in [-0.25, -0.2) is 4.79 Å². The van der Waals surface area contributed by atoms with Crippen molar-refractivity contribution in [2.24, 2.45) is 5.16 Å². The molecule has 3 rings (SSSR count). The van der Waals surface area contributed by atoms with E-state index in [4.69, 9.17) is 21.2 Å². The second-order valence-electron chi connectivity index (χ2n) is 5.07. The number of aryl methyl sites for hydroxylation is 1. The van der Waals surface area contributed by atoms with E-state index in [2.05, 4.69) is 10.5 Å². The number of amides is 1. The van der Waals surface area contributed by atoms with Crippen LogP contribution in [0.5, 0.6) is 5.75 Å². The summed E-state index contributed by atoms with van der Waals surface area (Å²) >= 11 is 5.79. The second kappa shape index (κ2) is 6.71. The molecule has 0 unspecified atom stereocenters. The molecule has 0 bridgehead atoms. The molecule has 0 aliphatic heterocycles. The summed E-state index contributed by atoms with van der Waals surface area (Å²) in [5.74, 6) is 0.811. The summed E-state index contributed by atoms with van der Waals surface area (Å²) in [5.41, 5.74) is 3.49. The number of carbonyl (C=O) groups excluding carboxylic acids is 1. The van der Waals surface area contributed by atoms with Crippen molar-refractivity contribution < 1.29 is 14.4 Å². The zero-order valence-electron chi connectivity index (χ0n) is 12.5. The molecule has 118 valence electrons. The Morgan fingerprint density at radius 1 is 1.17 bits per heavy atom. The van der Waals surface area contributed by atoms with Gasteiger partial charge < -0.3 is 4.74 Å². The SMILES string of the molecule is COc1ccc2c(c1)CCC2=NOC(=O)Nc1ccc(Cl)cc1. The zero-order valence-corrected chi connectivity index (χ0v) is 13.3. The first-order valence-corrected chi connectivity index (χ1v) is 7.51. The summed E-state index contributed by atoms with van der Waals surface area (Å²) in [5, 5.41) is 7.16. The summed E-state index contributed by atoms with van der Waals surface area (Å²) in [4.78, 5) is 16.7. The first kappa shape index (κ1) is 15.4. The van der Waals surface area contributed by atoms with Gasteiger partial charge in [-0.2, -0.15) is 0 Å². The molecule has 0 spiro atoms. The molecule has 0 fully saturated rings. The number of oxime groups is 1. The van der Waals surface area contributed by atoms with Crippen LogP contribution in [0.2, 0.25) is 5.02 Å². The minimum absolute atomic E-state index is 0.594. The fraction of sp³-hybridized carbons (Fsp3) is 0.176. The third-order valence-corrected chi connectivity index (χ3v) is 3.84. The largest absolute Gasteiger partial charge is 0.497 e. The highest BCUT2D eigenvalue weighted by Gasteiger charge is 2.19. The van der Waals surface area contributed by atoms with Gasteiger partial charge in [0.25, 0.3) is 0 Å². The van der Waals surface area contributed by atoms with Crippen molar-refractivity contribution in [3.05, 3.63) is 58.6 Å². The third-order valence-electron chi connectivity index (χ3n) is 3.58. The second-order valence-corrected chi connectivity index (χ2v) is 5.51. The number of nitrogens with zero attached hydrogens (tertiary/aromatic N) is 1. The van der Waals surface area contributed by atoms with E-state index in [1.807, 2.05) is 18.2 Å². The quantitative estimate of drug-likeness (QED) is 0.676. The van der Waals surface area contributed by atoms with Gasteiger partial charge in [-0.1, -0.05) is 16.8 Å². The Hall–Kier alpha value is -2.53. The minimum atomic E-state index is -0.637. The lowest BCUT2D eigenvalue weighted by Gasteiger charge is -2.05. The fourth-order valence-corrected chi connectivity index (χ4v) is 2.56. The molecule has 0 radical (unpaired) electrons. The van der Waals surface area contributed by atoms with E-state index >= 15 is 0 Å². The van der Waals surface area contributed by atoms with Crippen LogP contribution in [0.1, 0.15) is 17.5 Å². The normalized spacial score (nSPS) is 14.4.